The van der Waals surface area contributed by atoms with Gasteiger partial charge in [0, 0.05) is 0 Å². The van der Waals surface area contributed by atoms with Crippen LogP contribution in [0.15, 0.2) is 0 Å². The van der Waals surface area contributed by atoms with Crippen molar-refractivity contribution in [2.45, 2.75) is 26.2 Å². The molecular weight excluding hydrogens is 214 g/mol. The van der Waals surface area contributed by atoms with E-state index in [4.69, 9.17) is 0 Å². The van der Waals surface area contributed by atoms with Crippen molar-refractivity contribution in [1.82, 2.24) is 0 Å². The molecule has 0 amide bonds. The van der Waals surface area contributed by atoms with Crippen LogP contribution in [-0.2, 0) is 0 Å². The van der Waals surface area contributed by atoms with Crippen molar-refractivity contribution in [2.75, 3.05) is 5.75 Å². The topological polar surface area (TPSA) is 0 Å². The van der Waals surface area contributed by atoms with Crippen molar-refractivity contribution >= 4 is 37.1 Å². The second-order valence-electron chi connectivity index (χ2n) is 1.43. The molecule has 0 aromatic carbocycles. The van der Waals surface area contributed by atoms with Gasteiger partial charge in [0.25, 0.3) is 0 Å². The zero-order valence-electron chi connectivity index (χ0n) is 4.98. The van der Waals surface area contributed by atoms with Gasteiger partial charge in [-0.2, -0.15) is 12.6 Å². The monoisotopic (exact) mass is 228 g/mol. The Morgan fingerprint density at radius 3 is 2.00 bits per heavy atom. The van der Waals surface area contributed by atoms with Gasteiger partial charge >= 0.3 is 24.4 Å². The summed E-state index contributed by atoms with van der Waals surface area (Å²) < 4.78 is 0. The molecule has 0 nitrogen and oxygen atoms in total. The summed E-state index contributed by atoms with van der Waals surface area (Å²) in [4.78, 5) is 0. The molecule has 46 valence electrons. The van der Waals surface area contributed by atoms with Crippen molar-refractivity contribution in [2.24, 2.45) is 0 Å². The first-order valence-electron chi connectivity index (χ1n) is 2.52. The van der Waals surface area contributed by atoms with Gasteiger partial charge in [-0.1, -0.05) is 19.8 Å². The standard InChI is InChI=1S/C5H12S.Sb.3H/c1-2-3-4-5-6;;;;/h6H,2-5H2,1H3;;;;. The first-order valence-corrected chi connectivity index (χ1v) is 3.16. The van der Waals surface area contributed by atoms with Gasteiger partial charge < -0.3 is 0 Å². The molecule has 0 N–H and O–H groups in total. The van der Waals surface area contributed by atoms with Crippen molar-refractivity contribution < 1.29 is 0 Å². The predicted octanol–water partition coefficient (Wildman–Crippen LogP) is 0.922. The number of hydrogen-bond acceptors (Lipinski definition) is 1. The molecule has 0 bridgehead atoms. The summed E-state index contributed by atoms with van der Waals surface area (Å²) in [5, 5.41) is 0. The van der Waals surface area contributed by atoms with Gasteiger partial charge in [0.1, 0.15) is 0 Å². The van der Waals surface area contributed by atoms with E-state index in [9.17, 15) is 0 Å². The Labute approximate surface area is 68.9 Å². The van der Waals surface area contributed by atoms with E-state index in [1.165, 1.54) is 19.3 Å². The van der Waals surface area contributed by atoms with Crippen molar-refractivity contribution in [3.8, 4) is 0 Å². The van der Waals surface area contributed by atoms with Crippen LogP contribution in [0.25, 0.3) is 0 Å². The summed E-state index contributed by atoms with van der Waals surface area (Å²) in [6.45, 7) is 2.20. The van der Waals surface area contributed by atoms with E-state index in [-0.39, 0.29) is 24.4 Å². The molecule has 0 aliphatic rings. The maximum absolute atomic E-state index is 4.05. The molecule has 7 heavy (non-hydrogen) atoms. The fourth-order valence-corrected chi connectivity index (χ4v) is 0.585. The molecule has 2 heteroatoms. The van der Waals surface area contributed by atoms with E-state index in [1.807, 2.05) is 0 Å². The van der Waals surface area contributed by atoms with Crippen LogP contribution in [0.5, 0.6) is 0 Å². The molecule has 0 aromatic heterocycles. The minimum atomic E-state index is 0. The van der Waals surface area contributed by atoms with Crippen LogP contribution in [-0.4, -0.2) is 30.2 Å². The van der Waals surface area contributed by atoms with E-state index >= 15 is 0 Å². The SMILES string of the molecule is CCCCCS.[SbH3]. The third kappa shape index (κ3) is 11.0. The van der Waals surface area contributed by atoms with Crippen LogP contribution in [0.2, 0.25) is 0 Å². The summed E-state index contributed by atoms with van der Waals surface area (Å²) in [5.41, 5.74) is 0. The molecular formula is C5H15SSb. The second kappa shape index (κ2) is 10.2. The van der Waals surface area contributed by atoms with Crippen LogP contribution in [0, 0.1) is 0 Å². The molecule has 0 saturated heterocycles. The average molecular weight is 229 g/mol. The average Bonchev–Trinajstić information content (AvgIpc) is 1.61. The Balaban J connectivity index is 0. The van der Waals surface area contributed by atoms with E-state index in [0.29, 0.717) is 0 Å². The van der Waals surface area contributed by atoms with Gasteiger partial charge in [0.2, 0.25) is 0 Å². The first kappa shape index (κ1) is 11.0. The Kier molecular flexibility index (Phi) is 16.1. The zero-order valence-corrected chi connectivity index (χ0v) is 9.91. The van der Waals surface area contributed by atoms with E-state index in [1.54, 1.807) is 0 Å². The fourth-order valence-electron chi connectivity index (χ4n) is 0.362. The quantitative estimate of drug-likeness (QED) is 0.415. The molecule has 0 aromatic rings. The van der Waals surface area contributed by atoms with Crippen LogP contribution < -0.4 is 0 Å². The fraction of sp³-hybridized carbons (Fsp3) is 1.00. The van der Waals surface area contributed by atoms with Crippen molar-refractivity contribution in [1.29, 1.82) is 0 Å². The van der Waals surface area contributed by atoms with Gasteiger partial charge in [-0.25, -0.2) is 0 Å². The van der Waals surface area contributed by atoms with Gasteiger partial charge in [-0.15, -0.1) is 0 Å². The zero-order chi connectivity index (χ0) is 4.83. The molecule has 0 heterocycles. The molecule has 0 saturated carbocycles. The van der Waals surface area contributed by atoms with E-state index in [2.05, 4.69) is 19.6 Å². The number of unbranched alkanes of at least 4 members (excludes halogenated alkanes) is 2. The van der Waals surface area contributed by atoms with Crippen LogP contribution in [0.3, 0.4) is 0 Å². The molecule has 0 rings (SSSR count). The molecule has 0 aliphatic heterocycles. The Bertz CT molecular complexity index is 20.0. The van der Waals surface area contributed by atoms with Gasteiger partial charge in [0.05, 0.1) is 0 Å². The van der Waals surface area contributed by atoms with Crippen LogP contribution in [0.4, 0.5) is 0 Å². The Hall–Kier alpha value is 1.17. The Morgan fingerprint density at radius 1 is 1.29 bits per heavy atom. The third-order valence-corrected chi connectivity index (χ3v) is 1.08. The summed E-state index contributed by atoms with van der Waals surface area (Å²) >= 11 is 4.05. The maximum atomic E-state index is 4.05. The molecule has 0 aliphatic carbocycles. The third-order valence-electron chi connectivity index (χ3n) is 0.762. The van der Waals surface area contributed by atoms with Crippen molar-refractivity contribution in [3.05, 3.63) is 0 Å². The number of thiol groups is 1. The normalized spacial score (nSPS) is 7.71. The van der Waals surface area contributed by atoms with E-state index in [0.717, 1.165) is 5.75 Å². The molecule has 0 unspecified atom stereocenters. The molecule has 0 radical (unpaired) electrons. The number of rotatable bonds is 3. The van der Waals surface area contributed by atoms with Crippen LogP contribution >= 0.6 is 12.6 Å². The summed E-state index contributed by atoms with van der Waals surface area (Å²) in [5.74, 6) is 1.05. The molecule has 0 atom stereocenters. The summed E-state index contributed by atoms with van der Waals surface area (Å²) in [7, 11) is 0. The predicted molar refractivity (Wildman–Crippen MR) is 43.3 cm³/mol. The van der Waals surface area contributed by atoms with Gasteiger partial charge in [-0.3, -0.25) is 0 Å². The van der Waals surface area contributed by atoms with E-state index < -0.39 is 0 Å². The second-order valence-corrected chi connectivity index (χ2v) is 1.88. The number of hydrogen-bond donors (Lipinski definition) is 1. The van der Waals surface area contributed by atoms with Crippen molar-refractivity contribution in [3.63, 3.8) is 0 Å². The van der Waals surface area contributed by atoms with Gasteiger partial charge in [-0.05, 0) is 12.2 Å². The van der Waals surface area contributed by atoms with Gasteiger partial charge in [0.15, 0.2) is 0 Å². The first-order chi connectivity index (χ1) is 2.91. The molecule has 0 spiro atoms. The summed E-state index contributed by atoms with van der Waals surface area (Å²) in [6, 6.07) is 0. The Morgan fingerprint density at radius 2 is 1.86 bits per heavy atom. The molecule has 0 fully saturated rings. The minimum absolute atomic E-state index is 0. The van der Waals surface area contributed by atoms with Crippen LogP contribution in [0.1, 0.15) is 26.2 Å². The summed E-state index contributed by atoms with van der Waals surface area (Å²) in [6.07, 6.45) is 3.92.